The first-order valence-electron chi connectivity index (χ1n) is 7.07. The smallest absolute Gasteiger partial charge is 0.211 e. The summed E-state index contributed by atoms with van der Waals surface area (Å²) in [5.41, 5.74) is 0. The quantitative estimate of drug-likeness (QED) is 0.618. The summed E-state index contributed by atoms with van der Waals surface area (Å²) in [6, 6.07) is 10.1. The van der Waals surface area contributed by atoms with Crippen LogP contribution in [0.3, 0.4) is 0 Å². The molecule has 1 aromatic carbocycles. The Morgan fingerprint density at radius 2 is 1.95 bits per heavy atom. The average molecular weight is 321 g/mol. The first kappa shape index (κ1) is 14.9. The van der Waals surface area contributed by atoms with Crippen molar-refractivity contribution in [3.63, 3.8) is 0 Å². The van der Waals surface area contributed by atoms with Crippen molar-refractivity contribution in [1.82, 2.24) is 4.31 Å². The molecule has 0 aromatic heterocycles. The van der Waals surface area contributed by atoms with Crippen molar-refractivity contribution in [3.05, 3.63) is 54.6 Å². The van der Waals surface area contributed by atoms with E-state index in [0.29, 0.717) is 13.1 Å². The van der Waals surface area contributed by atoms with E-state index in [9.17, 15) is 8.42 Å². The molecule has 3 rings (SSSR count). The Morgan fingerprint density at radius 1 is 1.24 bits per heavy atom. The molecule has 0 bridgehead atoms. The molecule has 1 saturated heterocycles. The number of allylic oxidation sites excluding steroid dienone is 3. The molecule has 2 atom stereocenters. The number of sulfonamides is 1. The lowest BCUT2D eigenvalue weighted by molar-refractivity contribution is 0.490. The van der Waals surface area contributed by atoms with Crippen LogP contribution in [-0.4, -0.2) is 36.3 Å². The largest absolute Gasteiger partial charge is 0.223 e. The summed E-state index contributed by atoms with van der Waals surface area (Å²) in [7, 11) is -3.26. The highest BCUT2D eigenvalue weighted by molar-refractivity contribution is 7.99. The summed E-state index contributed by atoms with van der Waals surface area (Å²) in [6.07, 6.45) is 7.67. The first-order valence-corrected chi connectivity index (χ1v) is 9.50. The molecule has 1 heterocycles. The highest BCUT2D eigenvalue weighted by Crippen LogP contribution is 2.39. The summed E-state index contributed by atoms with van der Waals surface area (Å²) in [4.78, 5) is 1.17. The fourth-order valence-electron chi connectivity index (χ4n) is 2.52. The van der Waals surface area contributed by atoms with Crippen molar-refractivity contribution in [2.75, 3.05) is 18.8 Å². The summed E-state index contributed by atoms with van der Waals surface area (Å²) in [5, 5.41) is 0. The molecule has 1 aliphatic heterocycles. The van der Waals surface area contributed by atoms with E-state index in [1.165, 1.54) is 4.90 Å². The van der Waals surface area contributed by atoms with Crippen LogP contribution < -0.4 is 0 Å². The van der Waals surface area contributed by atoms with Gasteiger partial charge in [0.2, 0.25) is 10.0 Å². The number of thioether (sulfide) groups is 1. The van der Waals surface area contributed by atoms with Gasteiger partial charge >= 0.3 is 0 Å². The first-order chi connectivity index (χ1) is 10.0. The molecule has 3 nitrogen and oxygen atoms in total. The molecule has 1 aliphatic carbocycles. The molecule has 2 unspecified atom stereocenters. The van der Waals surface area contributed by atoms with Crippen LogP contribution in [0.5, 0.6) is 0 Å². The Labute approximate surface area is 130 Å². The molecule has 0 spiro atoms. The van der Waals surface area contributed by atoms with E-state index in [4.69, 9.17) is 0 Å². The van der Waals surface area contributed by atoms with Crippen molar-refractivity contribution < 1.29 is 8.42 Å². The highest BCUT2D eigenvalue weighted by Gasteiger charge is 2.50. The van der Waals surface area contributed by atoms with E-state index >= 15 is 0 Å². The zero-order valence-electron chi connectivity index (χ0n) is 12.0. The maximum Gasteiger partial charge on any atom is 0.223 e. The molecule has 0 radical (unpaired) electrons. The Kier molecular flexibility index (Phi) is 3.99. The van der Waals surface area contributed by atoms with Crippen LogP contribution in [0.15, 0.2) is 59.5 Å². The van der Waals surface area contributed by atoms with Gasteiger partial charge in [-0.3, -0.25) is 0 Å². The lowest BCUT2D eigenvalue weighted by atomic mass is 9.91. The second-order valence-electron chi connectivity index (χ2n) is 5.56. The summed E-state index contributed by atoms with van der Waals surface area (Å²) < 4.78 is 26.2. The van der Waals surface area contributed by atoms with Crippen LogP contribution in [0.1, 0.15) is 6.92 Å². The van der Waals surface area contributed by atoms with Gasteiger partial charge in [-0.25, -0.2) is 8.42 Å². The monoisotopic (exact) mass is 321 g/mol. The van der Waals surface area contributed by atoms with Gasteiger partial charge in [0.25, 0.3) is 0 Å². The minimum absolute atomic E-state index is 0.0155. The van der Waals surface area contributed by atoms with Gasteiger partial charge in [0.05, 0.1) is 0 Å². The summed E-state index contributed by atoms with van der Waals surface area (Å²) >= 11 is 1.71. The molecule has 1 aromatic rings. The van der Waals surface area contributed by atoms with Gasteiger partial charge in [-0.2, -0.15) is 4.31 Å². The second-order valence-corrected chi connectivity index (χ2v) is 9.00. The van der Waals surface area contributed by atoms with Crippen LogP contribution in [0.4, 0.5) is 0 Å². The minimum atomic E-state index is -3.26. The SMILES string of the molecule is CC1(S(=O)(=O)N2CC2)C=CC=CC1CSc1ccccc1. The van der Waals surface area contributed by atoms with E-state index in [1.807, 2.05) is 49.4 Å². The van der Waals surface area contributed by atoms with Gasteiger partial charge in [-0.05, 0) is 19.1 Å². The number of hydrogen-bond acceptors (Lipinski definition) is 3. The van der Waals surface area contributed by atoms with Crippen LogP contribution in [-0.2, 0) is 10.0 Å². The van der Waals surface area contributed by atoms with Crippen LogP contribution in [0, 0.1) is 5.92 Å². The van der Waals surface area contributed by atoms with Crippen molar-refractivity contribution in [2.24, 2.45) is 5.92 Å². The van der Waals surface area contributed by atoms with Crippen molar-refractivity contribution in [3.8, 4) is 0 Å². The summed E-state index contributed by atoms with van der Waals surface area (Å²) in [5.74, 6) is 0.743. The zero-order chi connectivity index (χ0) is 14.9. The van der Waals surface area contributed by atoms with E-state index in [1.54, 1.807) is 16.1 Å². The van der Waals surface area contributed by atoms with E-state index in [0.717, 1.165) is 5.75 Å². The van der Waals surface area contributed by atoms with E-state index < -0.39 is 14.8 Å². The Morgan fingerprint density at radius 3 is 2.62 bits per heavy atom. The molecule has 5 heteroatoms. The maximum absolute atomic E-state index is 12.7. The van der Waals surface area contributed by atoms with Crippen molar-refractivity contribution in [2.45, 2.75) is 16.6 Å². The standard InChI is InChI=1S/C16H19NO2S2/c1-16(21(18,19)17-11-12-17)10-6-5-7-14(16)13-20-15-8-3-2-4-9-15/h2-10,14H,11-13H2,1H3. The molecule has 0 amide bonds. The van der Waals surface area contributed by atoms with Gasteiger partial charge in [-0.15, -0.1) is 11.8 Å². The second kappa shape index (κ2) is 5.63. The molecule has 0 saturated carbocycles. The van der Waals surface area contributed by atoms with Gasteiger partial charge in [0.15, 0.2) is 0 Å². The third kappa shape index (κ3) is 2.82. The van der Waals surface area contributed by atoms with Gasteiger partial charge in [0.1, 0.15) is 4.75 Å². The van der Waals surface area contributed by atoms with E-state index in [2.05, 4.69) is 12.1 Å². The zero-order valence-corrected chi connectivity index (χ0v) is 13.6. The van der Waals surface area contributed by atoms with Gasteiger partial charge in [0, 0.05) is 29.7 Å². The fourth-order valence-corrected chi connectivity index (χ4v) is 5.72. The third-order valence-corrected chi connectivity index (χ3v) is 7.82. The molecule has 1 fully saturated rings. The van der Waals surface area contributed by atoms with Crippen molar-refractivity contribution in [1.29, 1.82) is 0 Å². The number of hydrogen-bond donors (Lipinski definition) is 0. The Bertz CT molecular complexity index is 663. The highest BCUT2D eigenvalue weighted by atomic mass is 32.2. The van der Waals surface area contributed by atoms with Gasteiger partial charge in [-0.1, -0.05) is 42.5 Å². The average Bonchev–Trinajstić information content (AvgIpc) is 3.32. The molecular weight excluding hydrogens is 302 g/mol. The predicted octanol–water partition coefficient (Wildman–Crippen LogP) is 2.93. The lowest BCUT2D eigenvalue weighted by Gasteiger charge is -2.34. The predicted molar refractivity (Wildman–Crippen MR) is 87.8 cm³/mol. The Hall–Kier alpha value is -1.04. The Balaban J connectivity index is 1.79. The fraction of sp³-hybridized carbons (Fsp3) is 0.375. The summed E-state index contributed by atoms with van der Waals surface area (Å²) in [6.45, 7) is 3.17. The number of benzene rings is 1. The van der Waals surface area contributed by atoms with Gasteiger partial charge < -0.3 is 0 Å². The molecule has 21 heavy (non-hydrogen) atoms. The molecular formula is C16H19NO2S2. The minimum Gasteiger partial charge on any atom is -0.211 e. The number of nitrogens with zero attached hydrogens (tertiary/aromatic N) is 1. The lowest BCUT2D eigenvalue weighted by Crippen LogP contribution is -2.45. The molecule has 2 aliphatic rings. The van der Waals surface area contributed by atoms with Crippen LogP contribution >= 0.6 is 11.8 Å². The third-order valence-electron chi connectivity index (χ3n) is 4.09. The van der Waals surface area contributed by atoms with Crippen LogP contribution in [0.25, 0.3) is 0 Å². The van der Waals surface area contributed by atoms with Crippen LogP contribution in [0.2, 0.25) is 0 Å². The maximum atomic E-state index is 12.7. The molecule has 0 N–H and O–H groups in total. The molecule has 112 valence electrons. The van der Waals surface area contributed by atoms with Crippen molar-refractivity contribution >= 4 is 21.8 Å². The topological polar surface area (TPSA) is 37.1 Å². The number of rotatable bonds is 5. The normalized spacial score (nSPS) is 28.7. The van der Waals surface area contributed by atoms with E-state index in [-0.39, 0.29) is 5.92 Å².